The molecular formula is C17H22N2O4. The Morgan fingerprint density at radius 2 is 1.83 bits per heavy atom. The summed E-state index contributed by atoms with van der Waals surface area (Å²) in [4.78, 5) is 36.1. The van der Waals surface area contributed by atoms with Gasteiger partial charge in [-0.05, 0) is 25.0 Å². The van der Waals surface area contributed by atoms with Crippen LogP contribution < -0.4 is 10.1 Å². The van der Waals surface area contributed by atoms with Crippen molar-refractivity contribution in [2.45, 2.75) is 38.5 Å². The van der Waals surface area contributed by atoms with E-state index in [2.05, 4.69) is 5.32 Å². The summed E-state index contributed by atoms with van der Waals surface area (Å²) in [6, 6.07) is 7.26. The first kappa shape index (κ1) is 17.0. The highest BCUT2D eigenvalue weighted by molar-refractivity contribution is 6.01. The number of carbonyl (C=O) groups is 3. The van der Waals surface area contributed by atoms with Crippen LogP contribution >= 0.6 is 0 Å². The average Bonchev–Trinajstić information content (AvgIpc) is 2.86. The highest BCUT2D eigenvalue weighted by Gasteiger charge is 2.27. The van der Waals surface area contributed by atoms with Crippen molar-refractivity contribution in [2.24, 2.45) is 0 Å². The van der Waals surface area contributed by atoms with Gasteiger partial charge in [0.1, 0.15) is 5.75 Å². The maximum Gasteiger partial charge on any atom is 0.229 e. The first-order valence-electron chi connectivity index (χ1n) is 7.88. The third kappa shape index (κ3) is 4.81. The molecule has 0 atom stereocenters. The molecule has 1 aromatic rings. The highest BCUT2D eigenvalue weighted by Crippen LogP contribution is 2.23. The van der Waals surface area contributed by atoms with Crippen LogP contribution in [-0.4, -0.2) is 36.3 Å². The van der Waals surface area contributed by atoms with E-state index in [1.54, 1.807) is 19.2 Å². The average molecular weight is 318 g/mol. The summed E-state index contributed by atoms with van der Waals surface area (Å²) in [5.41, 5.74) is 0.660. The van der Waals surface area contributed by atoms with Crippen LogP contribution in [0.15, 0.2) is 24.3 Å². The van der Waals surface area contributed by atoms with Gasteiger partial charge in [-0.2, -0.15) is 0 Å². The van der Waals surface area contributed by atoms with Crippen molar-refractivity contribution >= 4 is 23.4 Å². The lowest BCUT2D eigenvalue weighted by atomic mass is 10.1. The van der Waals surface area contributed by atoms with Crippen LogP contribution in [0.1, 0.15) is 38.5 Å². The number of nitrogens with zero attached hydrogens (tertiary/aromatic N) is 1. The molecule has 124 valence electrons. The molecule has 2 rings (SSSR count). The van der Waals surface area contributed by atoms with Crippen LogP contribution in [0, 0.1) is 0 Å². The smallest absolute Gasteiger partial charge is 0.229 e. The third-order valence-electron chi connectivity index (χ3n) is 3.82. The molecule has 1 fully saturated rings. The SMILES string of the molecule is COc1ccccc1NC(=O)CCCCCN1C(=O)CCC1=O. The van der Waals surface area contributed by atoms with Gasteiger partial charge < -0.3 is 10.1 Å². The number of rotatable bonds is 8. The van der Waals surface area contributed by atoms with E-state index in [0.29, 0.717) is 37.2 Å². The number of hydrogen-bond acceptors (Lipinski definition) is 4. The number of amides is 3. The number of likely N-dealkylation sites (tertiary alicyclic amines) is 1. The predicted octanol–water partition coefficient (Wildman–Crippen LogP) is 2.34. The molecule has 1 saturated heterocycles. The number of benzene rings is 1. The molecule has 0 saturated carbocycles. The summed E-state index contributed by atoms with van der Waals surface area (Å²) in [7, 11) is 1.56. The molecule has 23 heavy (non-hydrogen) atoms. The van der Waals surface area contributed by atoms with Crippen molar-refractivity contribution in [3.8, 4) is 5.75 Å². The van der Waals surface area contributed by atoms with E-state index in [1.807, 2.05) is 12.1 Å². The van der Waals surface area contributed by atoms with Gasteiger partial charge in [0.2, 0.25) is 17.7 Å². The van der Waals surface area contributed by atoms with Gasteiger partial charge in [0, 0.05) is 25.8 Å². The van der Waals surface area contributed by atoms with E-state index in [1.165, 1.54) is 4.90 Å². The monoisotopic (exact) mass is 318 g/mol. The van der Waals surface area contributed by atoms with Crippen LogP contribution in [-0.2, 0) is 14.4 Å². The number of unbranched alkanes of at least 4 members (excludes halogenated alkanes) is 2. The molecule has 1 aliphatic rings. The summed E-state index contributed by atoms with van der Waals surface area (Å²) in [6.45, 7) is 0.464. The number of carbonyl (C=O) groups excluding carboxylic acids is 3. The Bertz CT molecular complexity index is 570. The molecule has 0 radical (unpaired) electrons. The van der Waals surface area contributed by atoms with E-state index >= 15 is 0 Å². The fraction of sp³-hybridized carbons (Fsp3) is 0.471. The van der Waals surface area contributed by atoms with Crippen molar-refractivity contribution in [2.75, 3.05) is 19.0 Å². The van der Waals surface area contributed by atoms with E-state index in [4.69, 9.17) is 4.74 Å². The lowest BCUT2D eigenvalue weighted by molar-refractivity contribution is -0.138. The van der Waals surface area contributed by atoms with Gasteiger partial charge >= 0.3 is 0 Å². The normalized spacial score (nSPS) is 14.2. The van der Waals surface area contributed by atoms with Crippen molar-refractivity contribution in [1.82, 2.24) is 4.90 Å². The Morgan fingerprint density at radius 1 is 1.13 bits per heavy atom. The zero-order valence-electron chi connectivity index (χ0n) is 13.3. The lowest BCUT2D eigenvalue weighted by Crippen LogP contribution is -2.29. The number of imide groups is 1. The minimum atomic E-state index is -0.0797. The van der Waals surface area contributed by atoms with Crippen LogP contribution in [0.4, 0.5) is 5.69 Å². The fourth-order valence-corrected chi connectivity index (χ4v) is 2.57. The molecule has 1 aliphatic heterocycles. The topological polar surface area (TPSA) is 75.7 Å². The third-order valence-corrected chi connectivity index (χ3v) is 3.82. The number of methoxy groups -OCH3 is 1. The fourth-order valence-electron chi connectivity index (χ4n) is 2.57. The Labute approximate surface area is 135 Å². The van der Waals surface area contributed by atoms with Gasteiger partial charge in [-0.1, -0.05) is 18.6 Å². The first-order chi connectivity index (χ1) is 11.1. The molecule has 0 unspecified atom stereocenters. The molecular weight excluding hydrogens is 296 g/mol. The number of hydrogen-bond donors (Lipinski definition) is 1. The molecule has 0 spiro atoms. The van der Waals surface area contributed by atoms with E-state index in [0.717, 1.165) is 19.3 Å². The maximum atomic E-state index is 11.9. The largest absolute Gasteiger partial charge is 0.495 e. The second-order valence-electron chi connectivity index (χ2n) is 5.50. The Hall–Kier alpha value is -2.37. The van der Waals surface area contributed by atoms with Crippen LogP contribution in [0.5, 0.6) is 5.75 Å². The van der Waals surface area contributed by atoms with Gasteiger partial charge in [-0.25, -0.2) is 0 Å². The van der Waals surface area contributed by atoms with E-state index in [9.17, 15) is 14.4 Å². The zero-order valence-corrected chi connectivity index (χ0v) is 13.3. The molecule has 1 aromatic carbocycles. The number of ether oxygens (including phenoxy) is 1. The Balaban J connectivity index is 1.65. The first-order valence-corrected chi connectivity index (χ1v) is 7.88. The Morgan fingerprint density at radius 3 is 2.52 bits per heavy atom. The van der Waals surface area contributed by atoms with Gasteiger partial charge in [-0.3, -0.25) is 19.3 Å². The summed E-state index contributed by atoms with van der Waals surface area (Å²) in [5.74, 6) is 0.405. The molecule has 1 N–H and O–H groups in total. The summed E-state index contributed by atoms with van der Waals surface area (Å²) in [6.07, 6.45) is 3.33. The lowest BCUT2D eigenvalue weighted by Gasteiger charge is -2.13. The van der Waals surface area contributed by atoms with Gasteiger partial charge in [0.15, 0.2) is 0 Å². The van der Waals surface area contributed by atoms with E-state index < -0.39 is 0 Å². The summed E-state index contributed by atoms with van der Waals surface area (Å²) >= 11 is 0. The maximum absolute atomic E-state index is 11.9. The summed E-state index contributed by atoms with van der Waals surface area (Å²) < 4.78 is 5.18. The van der Waals surface area contributed by atoms with Gasteiger partial charge in [-0.15, -0.1) is 0 Å². The number of para-hydroxylation sites is 2. The zero-order chi connectivity index (χ0) is 16.7. The van der Waals surface area contributed by atoms with E-state index in [-0.39, 0.29) is 17.7 Å². The quantitative estimate of drug-likeness (QED) is 0.589. The standard InChI is InChI=1S/C17H22N2O4/c1-23-14-8-5-4-7-13(14)18-15(20)9-3-2-6-12-19-16(21)10-11-17(19)22/h4-5,7-8H,2-3,6,9-12H2,1H3,(H,18,20). The molecule has 0 bridgehead atoms. The molecule has 6 heteroatoms. The molecule has 0 aromatic heterocycles. The van der Waals surface area contributed by atoms with Crippen LogP contribution in [0.2, 0.25) is 0 Å². The highest BCUT2D eigenvalue weighted by atomic mass is 16.5. The molecule has 6 nitrogen and oxygen atoms in total. The number of nitrogens with one attached hydrogen (secondary N) is 1. The summed E-state index contributed by atoms with van der Waals surface area (Å²) in [5, 5.41) is 2.83. The van der Waals surface area contributed by atoms with Crippen molar-refractivity contribution < 1.29 is 19.1 Å². The van der Waals surface area contributed by atoms with Gasteiger partial charge in [0.05, 0.1) is 12.8 Å². The van der Waals surface area contributed by atoms with Crippen LogP contribution in [0.25, 0.3) is 0 Å². The second-order valence-corrected chi connectivity index (χ2v) is 5.50. The second kappa shape index (κ2) is 8.31. The Kier molecular flexibility index (Phi) is 6.14. The van der Waals surface area contributed by atoms with Crippen molar-refractivity contribution in [3.05, 3.63) is 24.3 Å². The van der Waals surface area contributed by atoms with Crippen molar-refractivity contribution in [1.29, 1.82) is 0 Å². The van der Waals surface area contributed by atoms with Crippen LogP contribution in [0.3, 0.4) is 0 Å². The molecule has 1 heterocycles. The van der Waals surface area contributed by atoms with Crippen molar-refractivity contribution in [3.63, 3.8) is 0 Å². The number of anilines is 1. The minimum absolute atomic E-state index is 0.0668. The van der Waals surface area contributed by atoms with Gasteiger partial charge in [0.25, 0.3) is 0 Å². The minimum Gasteiger partial charge on any atom is -0.495 e. The molecule has 0 aliphatic carbocycles. The predicted molar refractivity (Wildman–Crippen MR) is 86.0 cm³/mol. The molecule has 3 amide bonds.